The monoisotopic (exact) mass is 430 g/mol. The van der Waals surface area contributed by atoms with E-state index < -0.39 is 23.4 Å². The predicted octanol–water partition coefficient (Wildman–Crippen LogP) is 3.91. The minimum atomic E-state index is -1.35. The van der Waals surface area contributed by atoms with Crippen molar-refractivity contribution in [2.75, 3.05) is 13.7 Å². The quantitative estimate of drug-likeness (QED) is 0.348. The van der Waals surface area contributed by atoms with Crippen molar-refractivity contribution in [1.29, 1.82) is 0 Å². The number of hydrogen-bond acceptors (Lipinski definition) is 5. The van der Waals surface area contributed by atoms with Crippen LogP contribution < -0.4 is 4.74 Å². The maximum atomic E-state index is 13.3. The Bertz CT molecular complexity index is 1240. The van der Waals surface area contributed by atoms with Gasteiger partial charge in [-0.25, -0.2) is 4.79 Å². The van der Waals surface area contributed by atoms with Crippen LogP contribution in [0.25, 0.3) is 10.8 Å². The summed E-state index contributed by atoms with van der Waals surface area (Å²) in [6, 6.07) is 18.1. The molecule has 7 heteroatoms. The normalized spacial score (nSPS) is 15.3. The van der Waals surface area contributed by atoms with E-state index in [0.717, 1.165) is 10.3 Å². The van der Waals surface area contributed by atoms with Crippen LogP contribution in [-0.4, -0.2) is 52.6 Å². The van der Waals surface area contributed by atoms with Crippen LogP contribution in [0.1, 0.15) is 34.6 Å². The Labute approximate surface area is 185 Å². The second-order valence-corrected chi connectivity index (χ2v) is 8.05. The fourth-order valence-electron chi connectivity index (χ4n) is 3.82. The van der Waals surface area contributed by atoms with Crippen LogP contribution in [0.5, 0.6) is 5.75 Å². The molecule has 0 N–H and O–H groups in total. The first kappa shape index (κ1) is 21.2. The molecule has 1 saturated heterocycles. The van der Waals surface area contributed by atoms with Crippen molar-refractivity contribution in [3.8, 4) is 5.75 Å². The molecule has 4 amide bonds. The molecule has 0 spiro atoms. The van der Waals surface area contributed by atoms with E-state index in [1.165, 1.54) is 21.0 Å². The zero-order valence-corrected chi connectivity index (χ0v) is 18.0. The Morgan fingerprint density at radius 3 is 2.25 bits per heavy atom. The van der Waals surface area contributed by atoms with Gasteiger partial charge in [-0.15, -0.1) is 0 Å². The predicted molar refractivity (Wildman–Crippen MR) is 119 cm³/mol. The number of fused-ring (bicyclic) bond motifs is 1. The molecule has 1 aliphatic rings. The molecule has 0 aliphatic carbocycles. The van der Waals surface area contributed by atoms with Gasteiger partial charge in [0.25, 0.3) is 11.8 Å². The highest BCUT2D eigenvalue weighted by atomic mass is 16.5. The lowest BCUT2D eigenvalue weighted by Gasteiger charge is -2.26. The van der Waals surface area contributed by atoms with Gasteiger partial charge in [0.2, 0.25) is 0 Å². The molecule has 1 fully saturated rings. The molecular formula is C25H22N2O5. The topological polar surface area (TPSA) is 84.0 Å². The zero-order chi connectivity index (χ0) is 23.0. The Morgan fingerprint density at radius 2 is 1.56 bits per heavy atom. The number of Topliss-reactive ketones (excluding diaryl/α,β-unsaturated/α-hetero) is 1. The van der Waals surface area contributed by atoms with Gasteiger partial charge >= 0.3 is 6.03 Å². The van der Waals surface area contributed by atoms with Gasteiger partial charge in [0.15, 0.2) is 5.78 Å². The van der Waals surface area contributed by atoms with Gasteiger partial charge in [-0.2, -0.15) is 4.90 Å². The maximum Gasteiger partial charge on any atom is 0.335 e. The summed E-state index contributed by atoms with van der Waals surface area (Å²) in [5.41, 5.74) is -0.718. The Balaban J connectivity index is 1.64. The molecule has 162 valence electrons. The third kappa shape index (κ3) is 3.41. The van der Waals surface area contributed by atoms with E-state index in [-0.39, 0.29) is 17.9 Å². The summed E-state index contributed by atoms with van der Waals surface area (Å²) in [7, 11) is 1.52. The SMILES string of the molecule is COc1ccc(C(=O)CN2C(=O)N(C(=O)c3cccc4ccccc34)C(=O)C2(C)C)cc1. The van der Waals surface area contributed by atoms with Gasteiger partial charge in [0, 0.05) is 11.1 Å². The summed E-state index contributed by atoms with van der Waals surface area (Å²) in [6.07, 6.45) is 0. The highest BCUT2D eigenvalue weighted by Gasteiger charge is 2.54. The summed E-state index contributed by atoms with van der Waals surface area (Å²) in [5.74, 6) is -1.12. The van der Waals surface area contributed by atoms with Gasteiger partial charge in [-0.1, -0.05) is 36.4 Å². The molecule has 1 aliphatic heterocycles. The molecule has 0 unspecified atom stereocenters. The summed E-state index contributed by atoms with van der Waals surface area (Å²) in [6.45, 7) is 2.74. The van der Waals surface area contributed by atoms with E-state index >= 15 is 0 Å². The number of carbonyl (C=O) groups excluding carboxylic acids is 4. The lowest BCUT2D eigenvalue weighted by atomic mass is 10.0. The number of urea groups is 1. The van der Waals surface area contributed by atoms with Crippen LogP contribution in [0, 0.1) is 0 Å². The molecular weight excluding hydrogens is 408 g/mol. The van der Waals surface area contributed by atoms with Crippen molar-refractivity contribution in [2.24, 2.45) is 0 Å². The standard InChI is InChI=1S/C25H22N2O5/c1-25(2)23(30)27(22(29)20-10-6-8-16-7-4-5-9-19(16)20)24(31)26(25)15-21(28)17-11-13-18(32-3)14-12-17/h4-14H,15H2,1-3H3. The summed E-state index contributed by atoms with van der Waals surface area (Å²) in [4.78, 5) is 54.2. The number of amides is 4. The second kappa shape index (κ2) is 7.92. The van der Waals surface area contributed by atoms with Gasteiger partial charge in [0.1, 0.15) is 11.3 Å². The first-order valence-corrected chi connectivity index (χ1v) is 10.1. The number of imide groups is 3. The molecule has 32 heavy (non-hydrogen) atoms. The first-order valence-electron chi connectivity index (χ1n) is 10.1. The fourth-order valence-corrected chi connectivity index (χ4v) is 3.82. The summed E-state index contributed by atoms with van der Waals surface area (Å²) >= 11 is 0. The lowest BCUT2D eigenvalue weighted by molar-refractivity contribution is -0.130. The summed E-state index contributed by atoms with van der Waals surface area (Å²) < 4.78 is 5.09. The van der Waals surface area contributed by atoms with E-state index in [0.29, 0.717) is 21.6 Å². The number of methoxy groups -OCH3 is 1. The smallest absolute Gasteiger partial charge is 0.335 e. The Kier molecular flexibility index (Phi) is 5.26. The van der Waals surface area contributed by atoms with Crippen LogP contribution in [0.4, 0.5) is 4.79 Å². The van der Waals surface area contributed by atoms with Crippen LogP contribution in [0.15, 0.2) is 66.7 Å². The van der Waals surface area contributed by atoms with Crippen molar-refractivity contribution in [3.63, 3.8) is 0 Å². The number of hydrogen-bond donors (Lipinski definition) is 0. The van der Waals surface area contributed by atoms with Gasteiger partial charge in [-0.3, -0.25) is 14.4 Å². The minimum Gasteiger partial charge on any atom is -0.497 e. The van der Waals surface area contributed by atoms with Gasteiger partial charge in [0.05, 0.1) is 13.7 Å². The highest BCUT2D eigenvalue weighted by Crippen LogP contribution is 2.31. The highest BCUT2D eigenvalue weighted by molar-refractivity contribution is 6.25. The number of ketones is 1. The molecule has 0 saturated carbocycles. The second-order valence-electron chi connectivity index (χ2n) is 8.05. The number of carbonyl (C=O) groups is 4. The van der Waals surface area contributed by atoms with Crippen LogP contribution in [0.2, 0.25) is 0 Å². The fraction of sp³-hybridized carbons (Fsp3) is 0.200. The molecule has 0 aromatic heterocycles. The largest absolute Gasteiger partial charge is 0.497 e. The Morgan fingerprint density at radius 1 is 0.906 bits per heavy atom. The molecule has 0 radical (unpaired) electrons. The molecule has 0 atom stereocenters. The van der Waals surface area contributed by atoms with Crippen molar-refractivity contribution in [2.45, 2.75) is 19.4 Å². The van der Waals surface area contributed by atoms with E-state index in [1.54, 1.807) is 48.5 Å². The number of rotatable bonds is 5. The van der Waals surface area contributed by atoms with E-state index in [4.69, 9.17) is 4.74 Å². The van der Waals surface area contributed by atoms with E-state index in [9.17, 15) is 19.2 Å². The number of benzene rings is 3. The molecule has 1 heterocycles. The third-order valence-corrected chi connectivity index (χ3v) is 5.76. The number of nitrogens with zero attached hydrogens (tertiary/aromatic N) is 2. The molecule has 3 aromatic rings. The average molecular weight is 430 g/mol. The number of ether oxygens (including phenoxy) is 1. The van der Waals surface area contributed by atoms with Gasteiger partial charge in [-0.05, 0) is 55.0 Å². The van der Waals surface area contributed by atoms with Crippen LogP contribution >= 0.6 is 0 Å². The summed E-state index contributed by atoms with van der Waals surface area (Å²) in [5, 5.41) is 1.47. The molecule has 7 nitrogen and oxygen atoms in total. The van der Waals surface area contributed by atoms with Crippen molar-refractivity contribution in [3.05, 3.63) is 77.9 Å². The van der Waals surface area contributed by atoms with Crippen molar-refractivity contribution >= 4 is 34.4 Å². The third-order valence-electron chi connectivity index (χ3n) is 5.76. The van der Waals surface area contributed by atoms with Crippen LogP contribution in [0.3, 0.4) is 0 Å². The van der Waals surface area contributed by atoms with Gasteiger partial charge < -0.3 is 9.64 Å². The molecule has 4 rings (SSSR count). The minimum absolute atomic E-state index is 0.254. The average Bonchev–Trinajstić information content (AvgIpc) is 2.97. The lowest BCUT2D eigenvalue weighted by Crippen LogP contribution is -2.46. The first-order chi connectivity index (χ1) is 15.3. The Hall–Kier alpha value is -4.00. The van der Waals surface area contributed by atoms with Crippen LogP contribution in [-0.2, 0) is 4.79 Å². The maximum absolute atomic E-state index is 13.3. The molecule has 0 bridgehead atoms. The zero-order valence-electron chi connectivity index (χ0n) is 18.0. The van der Waals surface area contributed by atoms with Crippen molar-refractivity contribution in [1.82, 2.24) is 9.80 Å². The molecule has 3 aromatic carbocycles. The van der Waals surface area contributed by atoms with Crippen molar-refractivity contribution < 1.29 is 23.9 Å². The van der Waals surface area contributed by atoms with E-state index in [1.807, 2.05) is 18.2 Å². The van der Waals surface area contributed by atoms with E-state index in [2.05, 4.69) is 0 Å².